The van der Waals surface area contributed by atoms with Crippen LogP contribution in [0.25, 0.3) is 10.9 Å². The van der Waals surface area contributed by atoms with E-state index in [1.54, 1.807) is 48.5 Å². The first-order valence-corrected chi connectivity index (χ1v) is 12.3. The summed E-state index contributed by atoms with van der Waals surface area (Å²) in [6, 6.07) is 13.5. The van der Waals surface area contributed by atoms with Gasteiger partial charge in [0.15, 0.2) is 12.4 Å². The molecular weight excluding hydrogens is 473 g/mol. The molecule has 9 heteroatoms. The van der Waals surface area contributed by atoms with E-state index in [0.717, 1.165) is 5.56 Å². The van der Waals surface area contributed by atoms with Gasteiger partial charge in [0.25, 0.3) is 13.3 Å². The molecule has 0 spiro atoms. The summed E-state index contributed by atoms with van der Waals surface area (Å²) in [5, 5.41) is 15.8. The molecule has 0 saturated heterocycles. The number of amides is 1. The smallest absolute Gasteiger partial charge is 0.268 e. The summed E-state index contributed by atoms with van der Waals surface area (Å²) in [6.07, 6.45) is 8.31. The third-order valence-corrected chi connectivity index (χ3v) is 8.11. The number of hydrogen-bond acceptors (Lipinski definition) is 4. The van der Waals surface area contributed by atoms with Gasteiger partial charge in [0.2, 0.25) is 0 Å². The molecule has 2 aromatic carbocycles. The van der Waals surface area contributed by atoms with Gasteiger partial charge in [0.1, 0.15) is 5.69 Å². The molecule has 2 aromatic heterocycles. The number of benzene rings is 2. The van der Waals surface area contributed by atoms with Crippen LogP contribution in [0, 0.1) is 24.5 Å². The van der Waals surface area contributed by atoms with E-state index in [1.165, 1.54) is 19.5 Å². The Kier molecular flexibility index (Phi) is 6.49. The van der Waals surface area contributed by atoms with Gasteiger partial charge in [-0.05, 0) is 55.0 Å². The van der Waals surface area contributed by atoms with Crippen molar-refractivity contribution in [1.29, 1.82) is 0 Å². The minimum atomic E-state index is -3.78. The number of H-pyrrole nitrogens is 1. The van der Waals surface area contributed by atoms with E-state index >= 15 is 0 Å². The Bertz CT molecular complexity index is 1510. The van der Waals surface area contributed by atoms with Crippen molar-refractivity contribution in [1.82, 2.24) is 10.3 Å². The van der Waals surface area contributed by atoms with Crippen molar-refractivity contribution in [2.75, 3.05) is 7.11 Å². The van der Waals surface area contributed by atoms with E-state index in [0.29, 0.717) is 37.1 Å². The van der Waals surface area contributed by atoms with Crippen molar-refractivity contribution in [3.63, 3.8) is 0 Å². The van der Waals surface area contributed by atoms with Crippen LogP contribution in [0.3, 0.4) is 0 Å². The molecule has 0 aliphatic rings. The highest BCUT2D eigenvalue weighted by Crippen LogP contribution is 2.47. The number of nitrogens with zero attached hydrogens (tertiary/aromatic N) is 1. The Balaban J connectivity index is 1.87. The number of carbonyl (C=O) groups is 1. The molecule has 4 aromatic rings. The van der Waals surface area contributed by atoms with Crippen LogP contribution in [0.15, 0.2) is 60.9 Å². The molecule has 4 rings (SSSR count). The van der Waals surface area contributed by atoms with Gasteiger partial charge in [-0.3, -0.25) is 9.36 Å². The Morgan fingerprint density at radius 3 is 2.79 bits per heavy atom. The summed E-state index contributed by atoms with van der Waals surface area (Å²) < 4.78 is 20.7. The molecule has 1 atom stereocenters. The number of fused-ring (bicyclic) bond motifs is 1. The SMILES string of the molecule is C#Cc1cc(C)cc(P(=O)(OC)c2c(C(=O)NCc3ccc[n+]([O-])c3)[nH]c3ccc(Cl)cc23)c1. The lowest BCUT2D eigenvalue weighted by Crippen LogP contribution is -2.31. The maximum atomic E-state index is 14.5. The van der Waals surface area contributed by atoms with Gasteiger partial charge in [-0.2, -0.15) is 4.73 Å². The van der Waals surface area contributed by atoms with E-state index < -0.39 is 13.3 Å². The molecule has 34 heavy (non-hydrogen) atoms. The highest BCUT2D eigenvalue weighted by molar-refractivity contribution is 7.75. The minimum absolute atomic E-state index is 0.0807. The average molecular weight is 494 g/mol. The van der Waals surface area contributed by atoms with Gasteiger partial charge in [-0.25, -0.2) is 0 Å². The number of pyridine rings is 1. The minimum Gasteiger partial charge on any atom is -0.619 e. The van der Waals surface area contributed by atoms with Crippen LogP contribution in [0.2, 0.25) is 5.02 Å². The molecule has 0 aliphatic heterocycles. The Morgan fingerprint density at radius 2 is 2.09 bits per heavy atom. The lowest BCUT2D eigenvalue weighted by molar-refractivity contribution is -0.605. The Labute approximate surface area is 201 Å². The highest BCUT2D eigenvalue weighted by atomic mass is 35.5. The van der Waals surface area contributed by atoms with Gasteiger partial charge < -0.3 is 20.0 Å². The van der Waals surface area contributed by atoms with Crippen LogP contribution in [-0.4, -0.2) is 18.0 Å². The fraction of sp³-hybridized carbons (Fsp3) is 0.120. The lowest BCUT2D eigenvalue weighted by Gasteiger charge is -2.19. The summed E-state index contributed by atoms with van der Waals surface area (Å²) >= 11 is 6.24. The first-order chi connectivity index (χ1) is 16.2. The van der Waals surface area contributed by atoms with E-state index in [4.69, 9.17) is 22.5 Å². The number of carbonyl (C=O) groups excluding carboxylic acids is 1. The average Bonchev–Trinajstić information content (AvgIpc) is 3.21. The Morgan fingerprint density at radius 1 is 1.29 bits per heavy atom. The van der Waals surface area contributed by atoms with E-state index in [-0.39, 0.29) is 17.5 Å². The van der Waals surface area contributed by atoms with E-state index in [1.807, 2.05) is 6.92 Å². The third kappa shape index (κ3) is 4.44. The zero-order chi connectivity index (χ0) is 24.5. The summed E-state index contributed by atoms with van der Waals surface area (Å²) in [6.45, 7) is 1.94. The molecule has 2 heterocycles. The molecule has 2 N–H and O–H groups in total. The summed E-state index contributed by atoms with van der Waals surface area (Å²) in [5.74, 6) is 2.06. The Hall–Kier alpha value is -3.56. The van der Waals surface area contributed by atoms with Gasteiger partial charge in [-0.15, -0.1) is 6.42 Å². The molecule has 0 aliphatic carbocycles. The number of aryl methyl sites for hydroxylation is 1. The third-order valence-electron chi connectivity index (χ3n) is 5.37. The number of aromatic amines is 1. The maximum Gasteiger partial charge on any atom is 0.268 e. The molecule has 1 amide bonds. The van der Waals surface area contributed by atoms with Crippen molar-refractivity contribution in [2.24, 2.45) is 0 Å². The second kappa shape index (κ2) is 9.36. The standard InChI is InChI=1S/C25H21ClN3O4P/c1-4-17-10-16(2)11-20(12-17)34(32,33-3)24-21-13-19(26)7-8-22(21)28-23(24)25(30)27-14-18-6-5-9-29(31)15-18/h1,5-13,15,28H,14H2,2-3H3,(H,27,30). The summed E-state index contributed by atoms with van der Waals surface area (Å²) in [5.41, 5.74) is 2.62. The number of aromatic nitrogens is 2. The quantitative estimate of drug-likeness (QED) is 0.186. The van der Waals surface area contributed by atoms with Gasteiger partial charge in [0.05, 0.1) is 5.30 Å². The molecule has 172 valence electrons. The van der Waals surface area contributed by atoms with Gasteiger partial charge in [0, 0.05) is 52.1 Å². The first kappa shape index (κ1) is 23.6. The predicted molar refractivity (Wildman–Crippen MR) is 133 cm³/mol. The van der Waals surface area contributed by atoms with Crippen LogP contribution in [-0.2, 0) is 15.6 Å². The molecule has 0 bridgehead atoms. The molecule has 0 fully saturated rings. The zero-order valence-electron chi connectivity index (χ0n) is 18.5. The van der Waals surface area contributed by atoms with Gasteiger partial charge >= 0.3 is 0 Å². The second-order valence-corrected chi connectivity index (χ2v) is 10.6. The van der Waals surface area contributed by atoms with Crippen molar-refractivity contribution >= 4 is 46.4 Å². The predicted octanol–water partition coefficient (Wildman–Crippen LogP) is 3.55. The van der Waals surface area contributed by atoms with Crippen LogP contribution >= 0.6 is 19.0 Å². The fourth-order valence-electron chi connectivity index (χ4n) is 3.84. The zero-order valence-corrected chi connectivity index (χ0v) is 20.1. The number of nitrogens with one attached hydrogen (secondary N) is 2. The normalized spacial score (nSPS) is 12.8. The highest BCUT2D eigenvalue weighted by Gasteiger charge is 2.36. The first-order valence-electron chi connectivity index (χ1n) is 10.3. The summed E-state index contributed by atoms with van der Waals surface area (Å²) in [7, 11) is -2.45. The lowest BCUT2D eigenvalue weighted by atomic mass is 10.1. The van der Waals surface area contributed by atoms with Crippen LogP contribution < -0.4 is 20.7 Å². The fourth-order valence-corrected chi connectivity index (χ4v) is 6.30. The van der Waals surface area contributed by atoms with E-state index in [2.05, 4.69) is 16.2 Å². The molecule has 7 nitrogen and oxygen atoms in total. The molecular formula is C25H21ClN3O4P. The van der Waals surface area contributed by atoms with Crippen molar-refractivity contribution < 1.29 is 18.6 Å². The number of halogens is 1. The molecule has 1 unspecified atom stereocenters. The van der Waals surface area contributed by atoms with Crippen molar-refractivity contribution in [3.05, 3.63) is 93.5 Å². The van der Waals surface area contributed by atoms with Crippen LogP contribution in [0.5, 0.6) is 0 Å². The van der Waals surface area contributed by atoms with Crippen LogP contribution in [0.4, 0.5) is 0 Å². The number of terminal acetylenes is 1. The number of hydrogen-bond donors (Lipinski definition) is 2. The molecule has 0 saturated carbocycles. The van der Waals surface area contributed by atoms with Gasteiger partial charge in [-0.1, -0.05) is 17.5 Å². The maximum absolute atomic E-state index is 14.5. The van der Waals surface area contributed by atoms with Crippen molar-refractivity contribution in [2.45, 2.75) is 13.5 Å². The second-order valence-electron chi connectivity index (χ2n) is 7.73. The monoisotopic (exact) mass is 493 g/mol. The van der Waals surface area contributed by atoms with E-state index in [9.17, 15) is 14.6 Å². The number of rotatable bonds is 6. The van der Waals surface area contributed by atoms with Crippen molar-refractivity contribution in [3.8, 4) is 12.3 Å². The largest absolute Gasteiger partial charge is 0.619 e. The topological polar surface area (TPSA) is 98.1 Å². The summed E-state index contributed by atoms with van der Waals surface area (Å²) in [4.78, 5) is 16.4. The van der Waals surface area contributed by atoms with Crippen LogP contribution in [0.1, 0.15) is 27.2 Å². The molecule has 0 radical (unpaired) electrons.